The Hall–Kier alpha value is -0.570. The molecule has 1 amide bonds. The van der Waals surface area contributed by atoms with Crippen molar-refractivity contribution < 1.29 is 4.79 Å². The van der Waals surface area contributed by atoms with E-state index in [-0.39, 0.29) is 17.9 Å². The van der Waals surface area contributed by atoms with E-state index in [0.29, 0.717) is 0 Å². The van der Waals surface area contributed by atoms with E-state index in [4.69, 9.17) is 5.73 Å². The van der Waals surface area contributed by atoms with Crippen molar-refractivity contribution in [1.29, 1.82) is 0 Å². The predicted molar refractivity (Wildman–Crippen MR) is 92.3 cm³/mol. The minimum absolute atomic E-state index is 0.164. The lowest BCUT2D eigenvalue weighted by atomic mass is 9.98. The number of carbonyl (C=O) groups is 1. The maximum absolute atomic E-state index is 12.6. The number of hydrogen-bond donors (Lipinski definition) is 1. The first-order valence-electron chi connectivity index (χ1n) is 9.12. The highest BCUT2D eigenvalue weighted by Gasteiger charge is 2.24. The van der Waals surface area contributed by atoms with Crippen molar-refractivity contribution in [3.63, 3.8) is 0 Å². The van der Waals surface area contributed by atoms with Gasteiger partial charge >= 0.3 is 0 Å². The van der Waals surface area contributed by atoms with Gasteiger partial charge in [0.15, 0.2) is 0 Å². The summed E-state index contributed by atoms with van der Waals surface area (Å²) in [4.78, 5) is 14.6. The molecule has 21 heavy (non-hydrogen) atoms. The molecule has 2 N–H and O–H groups in total. The van der Waals surface area contributed by atoms with Crippen LogP contribution in [0.2, 0.25) is 0 Å². The molecular weight excluding hydrogens is 260 g/mol. The normalized spacial score (nSPS) is 14.0. The number of rotatable bonds is 13. The van der Waals surface area contributed by atoms with Crippen LogP contribution in [0.25, 0.3) is 0 Å². The Morgan fingerprint density at radius 1 is 0.905 bits per heavy atom. The molecule has 0 rings (SSSR count). The van der Waals surface area contributed by atoms with E-state index in [1.807, 2.05) is 4.90 Å². The van der Waals surface area contributed by atoms with Gasteiger partial charge in [-0.3, -0.25) is 4.79 Å². The van der Waals surface area contributed by atoms with Gasteiger partial charge in [-0.15, -0.1) is 0 Å². The third-order valence-electron chi connectivity index (χ3n) is 4.42. The summed E-state index contributed by atoms with van der Waals surface area (Å²) in [5, 5.41) is 0. The molecule has 0 saturated carbocycles. The van der Waals surface area contributed by atoms with Crippen LogP contribution < -0.4 is 5.73 Å². The zero-order valence-corrected chi connectivity index (χ0v) is 14.9. The second-order valence-electron chi connectivity index (χ2n) is 6.36. The van der Waals surface area contributed by atoms with Crippen LogP contribution in [0.1, 0.15) is 85.5 Å². The first kappa shape index (κ1) is 20.4. The molecule has 2 atom stereocenters. The van der Waals surface area contributed by atoms with Crippen molar-refractivity contribution in [2.75, 3.05) is 13.1 Å². The van der Waals surface area contributed by atoms with Crippen LogP contribution in [0.15, 0.2) is 0 Å². The molecule has 3 nitrogen and oxygen atoms in total. The van der Waals surface area contributed by atoms with Gasteiger partial charge in [-0.25, -0.2) is 0 Å². The molecule has 0 spiro atoms. The second kappa shape index (κ2) is 13.1. The standard InChI is InChI=1S/C18H38N2O/c1-5-8-10-12-14-20(15-13-11-9-6-2)18(21)17(19)16(4)7-3/h16-17H,5-15,19H2,1-4H3/t16?,17-/m0/s1. The highest BCUT2D eigenvalue weighted by atomic mass is 16.2. The minimum atomic E-state index is -0.327. The van der Waals surface area contributed by atoms with Crippen LogP contribution >= 0.6 is 0 Å². The third kappa shape index (κ3) is 9.13. The van der Waals surface area contributed by atoms with E-state index in [1.165, 1.54) is 38.5 Å². The fourth-order valence-corrected chi connectivity index (χ4v) is 2.50. The lowest BCUT2D eigenvalue weighted by Crippen LogP contribution is -2.47. The summed E-state index contributed by atoms with van der Waals surface area (Å²) in [6.45, 7) is 10.4. The molecule has 0 aliphatic rings. The zero-order chi connectivity index (χ0) is 16.1. The van der Waals surface area contributed by atoms with Crippen LogP contribution in [-0.4, -0.2) is 29.9 Å². The molecule has 1 unspecified atom stereocenters. The minimum Gasteiger partial charge on any atom is -0.341 e. The summed E-state index contributed by atoms with van der Waals surface area (Å²) in [6.07, 6.45) is 10.6. The van der Waals surface area contributed by atoms with Crippen LogP contribution in [-0.2, 0) is 4.79 Å². The molecule has 0 fully saturated rings. The second-order valence-corrected chi connectivity index (χ2v) is 6.36. The number of nitrogens with two attached hydrogens (primary N) is 1. The number of amides is 1. The monoisotopic (exact) mass is 298 g/mol. The quantitative estimate of drug-likeness (QED) is 0.514. The maximum Gasteiger partial charge on any atom is 0.239 e. The third-order valence-corrected chi connectivity index (χ3v) is 4.42. The SMILES string of the molecule is CCCCCCN(CCCCCC)C(=O)[C@@H](N)C(C)CC. The van der Waals surface area contributed by atoms with Gasteiger partial charge in [0.2, 0.25) is 5.91 Å². The maximum atomic E-state index is 12.6. The lowest BCUT2D eigenvalue weighted by Gasteiger charge is -2.28. The number of unbranched alkanes of at least 4 members (excludes halogenated alkanes) is 6. The molecule has 0 aromatic carbocycles. The van der Waals surface area contributed by atoms with Gasteiger partial charge in [-0.1, -0.05) is 72.6 Å². The van der Waals surface area contributed by atoms with E-state index in [0.717, 1.165) is 32.4 Å². The molecule has 3 heteroatoms. The van der Waals surface area contributed by atoms with Crippen molar-refractivity contribution in [2.45, 2.75) is 91.5 Å². The Labute approximate surface area is 132 Å². The van der Waals surface area contributed by atoms with E-state index in [9.17, 15) is 4.79 Å². The van der Waals surface area contributed by atoms with E-state index in [2.05, 4.69) is 27.7 Å². The van der Waals surface area contributed by atoms with Gasteiger partial charge in [0.05, 0.1) is 6.04 Å². The number of hydrogen-bond acceptors (Lipinski definition) is 2. The Morgan fingerprint density at radius 3 is 1.76 bits per heavy atom. The van der Waals surface area contributed by atoms with Gasteiger partial charge in [0.1, 0.15) is 0 Å². The van der Waals surface area contributed by atoms with Crippen molar-refractivity contribution in [2.24, 2.45) is 11.7 Å². The van der Waals surface area contributed by atoms with Gasteiger partial charge in [-0.2, -0.15) is 0 Å². The van der Waals surface area contributed by atoms with Crippen molar-refractivity contribution in [3.05, 3.63) is 0 Å². The molecular formula is C18H38N2O. The van der Waals surface area contributed by atoms with Gasteiger partial charge in [-0.05, 0) is 18.8 Å². The molecule has 0 aliphatic carbocycles. The Balaban J connectivity index is 4.35. The Kier molecular flexibility index (Phi) is 12.8. The first-order chi connectivity index (χ1) is 10.1. The zero-order valence-electron chi connectivity index (χ0n) is 14.9. The van der Waals surface area contributed by atoms with E-state index in [1.54, 1.807) is 0 Å². The van der Waals surface area contributed by atoms with Crippen LogP contribution in [0.3, 0.4) is 0 Å². The van der Waals surface area contributed by atoms with Gasteiger partial charge in [0, 0.05) is 13.1 Å². The fourth-order valence-electron chi connectivity index (χ4n) is 2.50. The van der Waals surface area contributed by atoms with Crippen molar-refractivity contribution in [3.8, 4) is 0 Å². The number of carbonyl (C=O) groups excluding carboxylic acids is 1. The number of nitrogens with zero attached hydrogens (tertiary/aromatic N) is 1. The van der Waals surface area contributed by atoms with E-state index < -0.39 is 0 Å². The molecule has 0 heterocycles. The van der Waals surface area contributed by atoms with Crippen molar-refractivity contribution in [1.82, 2.24) is 4.90 Å². The average Bonchev–Trinajstić information content (AvgIpc) is 2.51. The van der Waals surface area contributed by atoms with Crippen LogP contribution in [0.5, 0.6) is 0 Å². The van der Waals surface area contributed by atoms with Gasteiger partial charge in [0.25, 0.3) is 0 Å². The molecule has 0 saturated heterocycles. The Morgan fingerprint density at radius 2 is 1.38 bits per heavy atom. The molecule has 0 radical (unpaired) electrons. The summed E-state index contributed by atoms with van der Waals surface area (Å²) in [5.74, 6) is 0.434. The Bertz CT molecular complexity index is 244. The highest BCUT2D eigenvalue weighted by molar-refractivity contribution is 5.81. The summed E-state index contributed by atoms with van der Waals surface area (Å²) < 4.78 is 0. The van der Waals surface area contributed by atoms with Gasteiger partial charge < -0.3 is 10.6 Å². The summed E-state index contributed by atoms with van der Waals surface area (Å²) >= 11 is 0. The summed E-state index contributed by atoms with van der Waals surface area (Å²) in [6, 6.07) is -0.327. The largest absolute Gasteiger partial charge is 0.341 e. The van der Waals surface area contributed by atoms with E-state index >= 15 is 0 Å². The highest BCUT2D eigenvalue weighted by Crippen LogP contribution is 2.12. The van der Waals surface area contributed by atoms with Crippen LogP contribution in [0.4, 0.5) is 0 Å². The lowest BCUT2D eigenvalue weighted by molar-refractivity contribution is -0.134. The topological polar surface area (TPSA) is 46.3 Å². The predicted octanol–water partition coefficient (Wildman–Crippen LogP) is 4.35. The average molecular weight is 299 g/mol. The molecule has 0 aromatic heterocycles. The van der Waals surface area contributed by atoms with Crippen LogP contribution in [0, 0.1) is 5.92 Å². The van der Waals surface area contributed by atoms with Crippen molar-refractivity contribution >= 4 is 5.91 Å². The summed E-state index contributed by atoms with van der Waals surface area (Å²) in [7, 11) is 0. The fraction of sp³-hybridized carbons (Fsp3) is 0.944. The molecule has 0 aliphatic heterocycles. The first-order valence-corrected chi connectivity index (χ1v) is 9.12. The molecule has 126 valence electrons. The smallest absolute Gasteiger partial charge is 0.239 e. The molecule has 0 aromatic rings. The molecule has 0 bridgehead atoms. The summed E-state index contributed by atoms with van der Waals surface area (Å²) in [5.41, 5.74) is 6.14.